The molecule has 19 heavy (non-hydrogen) atoms. The third kappa shape index (κ3) is 4.56. The van der Waals surface area contributed by atoms with Gasteiger partial charge in [0.15, 0.2) is 6.61 Å². The number of rotatable bonds is 7. The topological polar surface area (TPSA) is 58.6 Å². The quantitative estimate of drug-likeness (QED) is 0.791. The van der Waals surface area contributed by atoms with Crippen molar-refractivity contribution >= 4 is 5.91 Å². The Kier molecular flexibility index (Phi) is 4.80. The van der Waals surface area contributed by atoms with Gasteiger partial charge in [0.1, 0.15) is 5.75 Å². The van der Waals surface area contributed by atoms with Crippen LogP contribution in [0.25, 0.3) is 0 Å². The van der Waals surface area contributed by atoms with Crippen molar-refractivity contribution in [2.45, 2.75) is 32.3 Å². The summed E-state index contributed by atoms with van der Waals surface area (Å²) in [5.41, 5.74) is 0.869. The predicted octanol–water partition coefficient (Wildman–Crippen LogP) is 2.04. The van der Waals surface area contributed by atoms with Gasteiger partial charge in [0.05, 0.1) is 6.10 Å². The highest BCUT2D eigenvalue weighted by molar-refractivity contribution is 5.77. The van der Waals surface area contributed by atoms with Crippen LogP contribution in [0.3, 0.4) is 0 Å². The minimum atomic E-state index is -0.434. The number of nitrogens with one attached hydrogen (secondary N) is 1. The first-order chi connectivity index (χ1) is 9.19. The van der Waals surface area contributed by atoms with Gasteiger partial charge in [-0.1, -0.05) is 19.1 Å². The van der Waals surface area contributed by atoms with E-state index in [1.165, 1.54) is 12.8 Å². The minimum Gasteiger partial charge on any atom is -0.484 e. The molecule has 4 heteroatoms. The third-order valence-corrected chi connectivity index (χ3v) is 3.31. The normalized spacial score (nSPS) is 15.9. The van der Waals surface area contributed by atoms with Crippen molar-refractivity contribution in [3.05, 3.63) is 29.8 Å². The Labute approximate surface area is 113 Å². The summed E-state index contributed by atoms with van der Waals surface area (Å²) in [6, 6.07) is 7.21. The molecular weight excluding hydrogens is 242 g/mol. The molecular formula is C15H21NO3. The van der Waals surface area contributed by atoms with E-state index in [1.54, 1.807) is 12.1 Å². The molecule has 0 spiro atoms. The highest BCUT2D eigenvalue weighted by Crippen LogP contribution is 2.27. The van der Waals surface area contributed by atoms with Crippen LogP contribution in [0, 0.1) is 5.92 Å². The van der Waals surface area contributed by atoms with Gasteiger partial charge in [0.25, 0.3) is 5.91 Å². The molecule has 104 valence electrons. The van der Waals surface area contributed by atoms with Gasteiger partial charge in [0.2, 0.25) is 0 Å². The van der Waals surface area contributed by atoms with Gasteiger partial charge in [-0.15, -0.1) is 0 Å². The van der Waals surface area contributed by atoms with Crippen molar-refractivity contribution in [3.8, 4) is 5.75 Å². The second kappa shape index (κ2) is 6.57. The molecule has 1 aliphatic carbocycles. The molecule has 1 atom stereocenters. The molecule has 0 aromatic heterocycles. The maximum absolute atomic E-state index is 11.5. The van der Waals surface area contributed by atoms with Crippen molar-refractivity contribution in [3.63, 3.8) is 0 Å². The molecule has 0 heterocycles. The maximum Gasteiger partial charge on any atom is 0.257 e. The van der Waals surface area contributed by atoms with Crippen LogP contribution >= 0.6 is 0 Å². The van der Waals surface area contributed by atoms with Gasteiger partial charge in [-0.05, 0) is 42.9 Å². The summed E-state index contributed by atoms with van der Waals surface area (Å²) in [4.78, 5) is 11.5. The van der Waals surface area contributed by atoms with Crippen LogP contribution in [0.15, 0.2) is 24.3 Å². The Morgan fingerprint density at radius 3 is 2.68 bits per heavy atom. The Hall–Kier alpha value is -1.55. The summed E-state index contributed by atoms with van der Waals surface area (Å²) in [5, 5.41) is 12.5. The summed E-state index contributed by atoms with van der Waals surface area (Å²) >= 11 is 0. The number of amides is 1. The number of carbonyl (C=O) groups is 1. The van der Waals surface area contributed by atoms with Crippen LogP contribution in [-0.2, 0) is 4.79 Å². The third-order valence-electron chi connectivity index (χ3n) is 3.31. The monoisotopic (exact) mass is 263 g/mol. The van der Waals surface area contributed by atoms with Crippen molar-refractivity contribution in [1.82, 2.24) is 5.32 Å². The number of ether oxygens (including phenoxy) is 1. The van der Waals surface area contributed by atoms with Gasteiger partial charge < -0.3 is 15.2 Å². The fourth-order valence-electron chi connectivity index (χ4n) is 1.80. The van der Waals surface area contributed by atoms with E-state index in [0.29, 0.717) is 18.1 Å². The number of aliphatic hydroxyl groups excluding tert-OH is 1. The maximum atomic E-state index is 11.5. The van der Waals surface area contributed by atoms with Crippen LogP contribution in [-0.4, -0.2) is 24.2 Å². The van der Waals surface area contributed by atoms with E-state index in [-0.39, 0.29) is 12.5 Å². The molecule has 1 aliphatic rings. The molecule has 0 bridgehead atoms. The van der Waals surface area contributed by atoms with Crippen molar-refractivity contribution in [1.29, 1.82) is 0 Å². The predicted molar refractivity (Wildman–Crippen MR) is 72.9 cm³/mol. The smallest absolute Gasteiger partial charge is 0.257 e. The minimum absolute atomic E-state index is 0.0440. The largest absolute Gasteiger partial charge is 0.484 e. The fraction of sp³-hybridized carbons (Fsp3) is 0.533. The Morgan fingerprint density at radius 1 is 1.42 bits per heavy atom. The lowest BCUT2D eigenvalue weighted by Gasteiger charge is -2.10. The summed E-state index contributed by atoms with van der Waals surface area (Å²) in [7, 11) is 0. The summed E-state index contributed by atoms with van der Waals surface area (Å²) in [5.74, 6) is 1.25. The first kappa shape index (κ1) is 13.9. The van der Waals surface area contributed by atoms with Gasteiger partial charge in [-0.25, -0.2) is 0 Å². The Balaban J connectivity index is 1.74. The average Bonchev–Trinajstić information content (AvgIpc) is 3.26. The Bertz CT molecular complexity index is 412. The van der Waals surface area contributed by atoms with Crippen LogP contribution in [0.2, 0.25) is 0 Å². The van der Waals surface area contributed by atoms with E-state index in [1.807, 2.05) is 19.1 Å². The molecule has 1 aromatic rings. The lowest BCUT2D eigenvalue weighted by molar-refractivity contribution is -0.123. The van der Waals surface area contributed by atoms with E-state index in [9.17, 15) is 9.90 Å². The van der Waals surface area contributed by atoms with Crippen molar-refractivity contribution < 1.29 is 14.6 Å². The van der Waals surface area contributed by atoms with E-state index >= 15 is 0 Å². The van der Waals surface area contributed by atoms with E-state index < -0.39 is 6.10 Å². The lowest BCUT2D eigenvalue weighted by Crippen LogP contribution is -2.30. The lowest BCUT2D eigenvalue weighted by atomic mass is 10.1. The zero-order valence-electron chi connectivity index (χ0n) is 11.3. The number of carbonyl (C=O) groups excluding carboxylic acids is 1. The summed E-state index contributed by atoms with van der Waals surface area (Å²) < 4.78 is 5.40. The molecule has 1 aromatic carbocycles. The molecule has 1 amide bonds. The summed E-state index contributed by atoms with van der Waals surface area (Å²) in [6.45, 7) is 2.74. The number of aliphatic hydroxyl groups is 1. The number of hydrogen-bond acceptors (Lipinski definition) is 3. The standard InChI is InChI=1S/C15H21NO3/c1-2-14(17)12-5-7-13(8-6-12)19-10-15(18)16-9-11-3-4-11/h5-8,11,14,17H,2-4,9-10H2,1H3,(H,16,18). The second-order valence-corrected chi connectivity index (χ2v) is 5.03. The Morgan fingerprint density at radius 2 is 2.11 bits per heavy atom. The van der Waals surface area contributed by atoms with Crippen LogP contribution in [0.5, 0.6) is 5.75 Å². The highest BCUT2D eigenvalue weighted by Gasteiger charge is 2.21. The van der Waals surface area contributed by atoms with Gasteiger partial charge in [-0.3, -0.25) is 4.79 Å². The van der Waals surface area contributed by atoms with Gasteiger partial charge >= 0.3 is 0 Å². The first-order valence-corrected chi connectivity index (χ1v) is 6.86. The van der Waals surface area contributed by atoms with E-state index in [4.69, 9.17) is 4.74 Å². The molecule has 1 fully saturated rings. The summed E-state index contributed by atoms with van der Waals surface area (Å²) in [6.07, 6.45) is 2.70. The van der Waals surface area contributed by atoms with Crippen molar-refractivity contribution in [2.75, 3.05) is 13.2 Å². The molecule has 0 aliphatic heterocycles. The van der Waals surface area contributed by atoms with Crippen LogP contribution in [0.4, 0.5) is 0 Å². The van der Waals surface area contributed by atoms with E-state index in [0.717, 1.165) is 12.1 Å². The first-order valence-electron chi connectivity index (χ1n) is 6.86. The molecule has 0 radical (unpaired) electrons. The molecule has 0 saturated heterocycles. The van der Waals surface area contributed by atoms with E-state index in [2.05, 4.69) is 5.32 Å². The zero-order chi connectivity index (χ0) is 13.7. The highest BCUT2D eigenvalue weighted by atomic mass is 16.5. The molecule has 2 rings (SSSR count). The average molecular weight is 263 g/mol. The SMILES string of the molecule is CCC(O)c1ccc(OCC(=O)NCC2CC2)cc1. The number of hydrogen-bond donors (Lipinski definition) is 2. The number of benzene rings is 1. The second-order valence-electron chi connectivity index (χ2n) is 5.03. The van der Waals surface area contributed by atoms with Gasteiger partial charge in [0, 0.05) is 6.54 Å². The molecule has 4 nitrogen and oxygen atoms in total. The molecule has 1 saturated carbocycles. The zero-order valence-corrected chi connectivity index (χ0v) is 11.3. The van der Waals surface area contributed by atoms with Crippen LogP contribution < -0.4 is 10.1 Å². The molecule has 2 N–H and O–H groups in total. The fourth-order valence-corrected chi connectivity index (χ4v) is 1.80. The molecule has 1 unspecified atom stereocenters. The van der Waals surface area contributed by atoms with Crippen LogP contribution in [0.1, 0.15) is 37.9 Å². The van der Waals surface area contributed by atoms with Gasteiger partial charge in [-0.2, -0.15) is 0 Å². The van der Waals surface area contributed by atoms with Crippen molar-refractivity contribution in [2.24, 2.45) is 5.92 Å².